The van der Waals surface area contributed by atoms with Gasteiger partial charge in [-0.3, -0.25) is 4.79 Å². The molecule has 0 unspecified atom stereocenters. The van der Waals surface area contributed by atoms with Crippen molar-refractivity contribution in [2.45, 2.75) is 12.8 Å². The average Bonchev–Trinajstić information content (AvgIpc) is 2.24. The number of carbonyl (C=O) groups excluding carboxylic acids is 1. The van der Waals surface area contributed by atoms with Gasteiger partial charge in [0.05, 0.1) is 0 Å². The number of benzene rings is 1. The molecule has 0 spiro atoms. The van der Waals surface area contributed by atoms with Gasteiger partial charge in [0.2, 0.25) is 0 Å². The van der Waals surface area contributed by atoms with Crippen LogP contribution in [-0.2, 0) is 0 Å². The number of hydrogen-bond donors (Lipinski definition) is 3. The van der Waals surface area contributed by atoms with Gasteiger partial charge < -0.3 is 15.5 Å². The second-order valence-electron chi connectivity index (χ2n) is 3.32. The van der Waals surface area contributed by atoms with E-state index < -0.39 is 5.91 Å². The Labute approximate surface area is 102 Å². The lowest BCUT2D eigenvalue weighted by Gasteiger charge is -2.07. The number of aromatic hydroxyl groups is 2. The van der Waals surface area contributed by atoms with Crippen LogP contribution >= 0.6 is 15.9 Å². The van der Waals surface area contributed by atoms with Crippen molar-refractivity contribution in [1.29, 1.82) is 0 Å². The molecule has 0 aliphatic rings. The fraction of sp³-hybridized carbons (Fsp3) is 0.364. The number of carbonyl (C=O) groups is 1. The fourth-order valence-corrected chi connectivity index (χ4v) is 1.67. The molecular weight excluding hydrogens is 274 g/mol. The van der Waals surface area contributed by atoms with Crippen LogP contribution in [0.4, 0.5) is 0 Å². The third-order valence-electron chi connectivity index (χ3n) is 2.09. The van der Waals surface area contributed by atoms with Crippen LogP contribution in [0.25, 0.3) is 0 Å². The molecule has 0 heterocycles. The lowest BCUT2D eigenvalue weighted by Crippen LogP contribution is -2.24. The zero-order valence-electron chi connectivity index (χ0n) is 8.74. The van der Waals surface area contributed by atoms with Gasteiger partial charge in [0, 0.05) is 11.9 Å². The normalized spacial score (nSPS) is 10.1. The molecule has 0 aliphatic carbocycles. The van der Waals surface area contributed by atoms with Crippen molar-refractivity contribution < 1.29 is 15.0 Å². The molecule has 0 saturated heterocycles. The van der Waals surface area contributed by atoms with E-state index in [-0.39, 0.29) is 17.1 Å². The summed E-state index contributed by atoms with van der Waals surface area (Å²) in [7, 11) is 0. The molecule has 3 N–H and O–H groups in total. The van der Waals surface area contributed by atoms with Gasteiger partial charge >= 0.3 is 0 Å². The van der Waals surface area contributed by atoms with Gasteiger partial charge in [0.15, 0.2) is 0 Å². The molecular formula is C11H14BrNO3. The molecule has 0 saturated carbocycles. The van der Waals surface area contributed by atoms with E-state index in [1.54, 1.807) is 0 Å². The van der Waals surface area contributed by atoms with Crippen molar-refractivity contribution in [3.63, 3.8) is 0 Å². The van der Waals surface area contributed by atoms with Crippen molar-refractivity contribution in [2.75, 3.05) is 11.9 Å². The van der Waals surface area contributed by atoms with Gasteiger partial charge in [0.1, 0.15) is 17.1 Å². The molecule has 16 heavy (non-hydrogen) atoms. The van der Waals surface area contributed by atoms with Crippen molar-refractivity contribution in [1.82, 2.24) is 5.32 Å². The van der Waals surface area contributed by atoms with Crippen molar-refractivity contribution in [2.24, 2.45) is 0 Å². The second kappa shape index (κ2) is 6.37. The highest BCUT2D eigenvalue weighted by Gasteiger charge is 2.14. The number of phenols is 2. The molecule has 0 aliphatic heterocycles. The molecule has 0 bridgehead atoms. The minimum Gasteiger partial charge on any atom is -0.507 e. The average molecular weight is 288 g/mol. The van der Waals surface area contributed by atoms with E-state index in [1.807, 2.05) is 0 Å². The minimum atomic E-state index is -0.454. The van der Waals surface area contributed by atoms with Crippen LogP contribution < -0.4 is 5.32 Å². The summed E-state index contributed by atoms with van der Waals surface area (Å²) in [5.41, 5.74) is -0.0682. The summed E-state index contributed by atoms with van der Waals surface area (Å²) in [6, 6.07) is 4.21. The number of rotatable bonds is 5. The number of nitrogens with one attached hydrogen (secondary N) is 1. The van der Waals surface area contributed by atoms with Gasteiger partial charge in [-0.2, -0.15) is 0 Å². The molecule has 1 amide bonds. The maximum atomic E-state index is 11.6. The summed E-state index contributed by atoms with van der Waals surface area (Å²) in [6.07, 6.45) is 1.82. The molecule has 1 aromatic carbocycles. The van der Waals surface area contributed by atoms with Gasteiger partial charge in [-0.15, -0.1) is 0 Å². The first-order valence-corrected chi connectivity index (χ1v) is 6.14. The van der Waals surface area contributed by atoms with Crippen molar-refractivity contribution in [3.05, 3.63) is 23.8 Å². The number of alkyl halides is 1. The first-order chi connectivity index (χ1) is 7.66. The Hall–Kier alpha value is -1.23. The summed E-state index contributed by atoms with van der Waals surface area (Å²) in [5, 5.41) is 22.4. The molecule has 1 rings (SSSR count). The van der Waals surface area contributed by atoms with E-state index >= 15 is 0 Å². The molecule has 1 aromatic rings. The smallest absolute Gasteiger partial charge is 0.258 e. The maximum Gasteiger partial charge on any atom is 0.258 e. The van der Waals surface area contributed by atoms with Crippen LogP contribution in [-0.4, -0.2) is 28.0 Å². The summed E-state index contributed by atoms with van der Waals surface area (Å²) in [5.74, 6) is -0.874. The summed E-state index contributed by atoms with van der Waals surface area (Å²) >= 11 is 3.29. The molecule has 5 heteroatoms. The van der Waals surface area contributed by atoms with Crippen molar-refractivity contribution in [3.8, 4) is 11.5 Å². The highest BCUT2D eigenvalue weighted by molar-refractivity contribution is 9.09. The van der Waals surface area contributed by atoms with E-state index in [0.717, 1.165) is 18.2 Å². The fourth-order valence-electron chi connectivity index (χ4n) is 1.27. The summed E-state index contributed by atoms with van der Waals surface area (Å²) < 4.78 is 0. The molecule has 4 nitrogen and oxygen atoms in total. The van der Waals surface area contributed by atoms with Gasteiger partial charge in [-0.25, -0.2) is 0 Å². The third kappa shape index (κ3) is 3.41. The number of phenolic OH excluding ortho intramolecular Hbond substituents is 2. The Balaban J connectivity index is 2.59. The summed E-state index contributed by atoms with van der Waals surface area (Å²) in [6.45, 7) is 0.526. The van der Waals surface area contributed by atoms with E-state index in [9.17, 15) is 15.0 Å². The lowest BCUT2D eigenvalue weighted by atomic mass is 10.1. The van der Waals surface area contributed by atoms with Crippen LogP contribution in [0.2, 0.25) is 0 Å². The van der Waals surface area contributed by atoms with Crippen LogP contribution in [0.15, 0.2) is 18.2 Å². The molecule has 88 valence electrons. The number of amides is 1. The first-order valence-electron chi connectivity index (χ1n) is 5.02. The van der Waals surface area contributed by atoms with Crippen LogP contribution in [0.3, 0.4) is 0 Å². The largest absolute Gasteiger partial charge is 0.507 e. The van der Waals surface area contributed by atoms with E-state index in [1.165, 1.54) is 18.2 Å². The Morgan fingerprint density at radius 2 is 1.88 bits per heavy atom. The molecule has 0 radical (unpaired) electrons. The third-order valence-corrected chi connectivity index (χ3v) is 2.65. The number of hydrogen-bond acceptors (Lipinski definition) is 3. The van der Waals surface area contributed by atoms with Gasteiger partial charge in [-0.05, 0) is 25.0 Å². The van der Waals surface area contributed by atoms with Gasteiger partial charge in [-0.1, -0.05) is 22.0 Å². The maximum absolute atomic E-state index is 11.6. The number of halogens is 1. The Morgan fingerprint density at radius 1 is 1.25 bits per heavy atom. The van der Waals surface area contributed by atoms with Crippen molar-refractivity contribution >= 4 is 21.8 Å². The van der Waals surface area contributed by atoms with Crippen LogP contribution in [0.1, 0.15) is 23.2 Å². The quantitative estimate of drug-likeness (QED) is 0.573. The number of unbranched alkanes of at least 4 members (excludes halogenated alkanes) is 1. The zero-order valence-corrected chi connectivity index (χ0v) is 10.3. The molecule has 0 fully saturated rings. The topological polar surface area (TPSA) is 69.6 Å². The molecule has 0 aromatic heterocycles. The van der Waals surface area contributed by atoms with Crippen LogP contribution in [0.5, 0.6) is 11.5 Å². The lowest BCUT2D eigenvalue weighted by molar-refractivity contribution is 0.0947. The van der Waals surface area contributed by atoms with Crippen LogP contribution in [0, 0.1) is 0 Å². The SMILES string of the molecule is O=C(NCCCCBr)c1c(O)cccc1O. The summed E-state index contributed by atoms with van der Waals surface area (Å²) in [4.78, 5) is 11.6. The Morgan fingerprint density at radius 3 is 2.44 bits per heavy atom. The Bertz CT molecular complexity index is 348. The standard InChI is InChI=1S/C11H14BrNO3/c12-6-1-2-7-13-11(16)10-8(14)4-3-5-9(10)15/h3-5,14-15H,1-2,6-7H2,(H,13,16). The predicted octanol–water partition coefficient (Wildman–Crippen LogP) is 2.00. The van der Waals surface area contributed by atoms with E-state index in [2.05, 4.69) is 21.2 Å². The molecule has 0 atom stereocenters. The predicted molar refractivity (Wildman–Crippen MR) is 65.1 cm³/mol. The highest BCUT2D eigenvalue weighted by Crippen LogP contribution is 2.25. The van der Waals surface area contributed by atoms with E-state index in [0.29, 0.717) is 6.54 Å². The highest BCUT2D eigenvalue weighted by atomic mass is 79.9. The van der Waals surface area contributed by atoms with E-state index in [4.69, 9.17) is 0 Å². The first kappa shape index (κ1) is 12.8. The second-order valence-corrected chi connectivity index (χ2v) is 4.12. The minimum absolute atomic E-state index is 0.0682. The monoisotopic (exact) mass is 287 g/mol. The van der Waals surface area contributed by atoms with Gasteiger partial charge in [0.25, 0.3) is 5.91 Å². The Kier molecular flexibility index (Phi) is 5.11. The zero-order chi connectivity index (χ0) is 12.0.